The zero-order chi connectivity index (χ0) is 13.0. The van der Waals surface area contributed by atoms with Gasteiger partial charge in [-0.2, -0.15) is 0 Å². The zero-order valence-corrected chi connectivity index (χ0v) is 12.0. The van der Waals surface area contributed by atoms with Crippen molar-refractivity contribution in [2.75, 3.05) is 5.32 Å². The van der Waals surface area contributed by atoms with Gasteiger partial charge in [-0.1, -0.05) is 23.7 Å². The highest BCUT2D eigenvalue weighted by atomic mass is 35.5. The molecule has 0 spiro atoms. The fourth-order valence-electron chi connectivity index (χ4n) is 1.28. The summed E-state index contributed by atoms with van der Waals surface area (Å²) in [5.41, 5.74) is 0. The second kappa shape index (κ2) is 6.22. The van der Waals surface area contributed by atoms with Crippen LogP contribution in [0.3, 0.4) is 0 Å². The monoisotopic (exact) mass is 298 g/mol. The Balaban J connectivity index is 1.97. The summed E-state index contributed by atoms with van der Waals surface area (Å²) in [6.07, 6.45) is 1.66. The van der Waals surface area contributed by atoms with E-state index in [1.165, 1.54) is 23.1 Å². The molecule has 1 aromatic carbocycles. The van der Waals surface area contributed by atoms with E-state index >= 15 is 0 Å². The van der Waals surface area contributed by atoms with Gasteiger partial charge in [-0.25, -0.2) is 4.98 Å². The van der Waals surface area contributed by atoms with E-state index in [2.05, 4.69) is 10.3 Å². The van der Waals surface area contributed by atoms with Crippen molar-refractivity contribution in [2.45, 2.75) is 17.1 Å². The Kier molecular flexibility index (Phi) is 4.63. The van der Waals surface area contributed by atoms with Gasteiger partial charge in [-0.05, 0) is 19.1 Å². The maximum atomic E-state index is 11.9. The number of benzene rings is 1. The van der Waals surface area contributed by atoms with E-state index in [4.69, 9.17) is 11.6 Å². The molecule has 0 radical (unpaired) electrons. The molecule has 94 valence electrons. The van der Waals surface area contributed by atoms with Gasteiger partial charge in [-0.3, -0.25) is 4.79 Å². The third-order valence-corrected chi connectivity index (χ3v) is 4.48. The van der Waals surface area contributed by atoms with Crippen molar-refractivity contribution in [3.05, 3.63) is 40.9 Å². The lowest BCUT2D eigenvalue weighted by Gasteiger charge is -2.11. The van der Waals surface area contributed by atoms with E-state index < -0.39 is 0 Å². The molecule has 1 aromatic heterocycles. The van der Waals surface area contributed by atoms with Crippen LogP contribution < -0.4 is 5.32 Å². The summed E-state index contributed by atoms with van der Waals surface area (Å²) in [6, 6.07) is 7.49. The van der Waals surface area contributed by atoms with Crippen molar-refractivity contribution >= 4 is 45.7 Å². The summed E-state index contributed by atoms with van der Waals surface area (Å²) in [5.74, 6) is -0.0742. The number of carbonyl (C=O) groups excluding carboxylic acids is 1. The van der Waals surface area contributed by atoms with Gasteiger partial charge in [0.25, 0.3) is 0 Å². The van der Waals surface area contributed by atoms with Crippen molar-refractivity contribution in [2.24, 2.45) is 0 Å². The van der Waals surface area contributed by atoms with Gasteiger partial charge in [-0.15, -0.1) is 23.1 Å². The molecule has 0 saturated heterocycles. The number of amides is 1. The first-order chi connectivity index (χ1) is 8.66. The Labute approximate surface area is 119 Å². The topological polar surface area (TPSA) is 42.0 Å². The molecular formula is C12H11ClN2OS2. The minimum atomic E-state index is -0.228. The molecule has 0 saturated carbocycles. The van der Waals surface area contributed by atoms with Crippen molar-refractivity contribution in [1.29, 1.82) is 0 Å². The SMILES string of the molecule is CC(Sc1ccccc1Cl)C(=O)Nc1nccs1. The van der Waals surface area contributed by atoms with Crippen LogP contribution in [0.2, 0.25) is 5.02 Å². The zero-order valence-electron chi connectivity index (χ0n) is 9.59. The molecule has 1 heterocycles. The number of halogens is 1. The van der Waals surface area contributed by atoms with Crippen LogP contribution in [0.15, 0.2) is 40.7 Å². The Hall–Kier alpha value is -1.04. The molecule has 0 bridgehead atoms. The smallest absolute Gasteiger partial charge is 0.239 e. The summed E-state index contributed by atoms with van der Waals surface area (Å²) in [5, 5.41) is 5.64. The van der Waals surface area contributed by atoms with Crippen molar-refractivity contribution in [1.82, 2.24) is 4.98 Å². The van der Waals surface area contributed by atoms with Gasteiger partial charge in [0.2, 0.25) is 5.91 Å². The van der Waals surface area contributed by atoms with Gasteiger partial charge in [0.1, 0.15) is 0 Å². The molecule has 0 fully saturated rings. The fourth-order valence-corrected chi connectivity index (χ4v) is 2.96. The van der Waals surface area contributed by atoms with E-state index in [1.54, 1.807) is 6.20 Å². The summed E-state index contributed by atoms with van der Waals surface area (Å²) in [6.45, 7) is 1.84. The van der Waals surface area contributed by atoms with E-state index in [0.717, 1.165) is 4.90 Å². The minimum absolute atomic E-state index is 0.0742. The summed E-state index contributed by atoms with van der Waals surface area (Å²) >= 11 is 8.89. The summed E-state index contributed by atoms with van der Waals surface area (Å²) in [4.78, 5) is 16.8. The third kappa shape index (κ3) is 3.48. The normalized spacial score (nSPS) is 12.1. The number of carbonyl (C=O) groups is 1. The van der Waals surface area contributed by atoms with Crippen LogP contribution in [0.1, 0.15) is 6.92 Å². The molecule has 0 aliphatic rings. The van der Waals surface area contributed by atoms with Gasteiger partial charge in [0, 0.05) is 16.5 Å². The second-order valence-electron chi connectivity index (χ2n) is 3.52. The predicted octanol–water partition coefficient (Wildman–Crippen LogP) is 3.92. The first-order valence-corrected chi connectivity index (χ1v) is 7.42. The first kappa shape index (κ1) is 13.4. The number of rotatable bonds is 4. The number of thioether (sulfide) groups is 1. The molecule has 2 rings (SSSR count). The Morgan fingerprint density at radius 1 is 1.50 bits per heavy atom. The maximum Gasteiger partial charge on any atom is 0.239 e. The Bertz CT molecular complexity index is 531. The van der Waals surface area contributed by atoms with Crippen molar-refractivity contribution < 1.29 is 4.79 Å². The Morgan fingerprint density at radius 2 is 2.28 bits per heavy atom. The number of nitrogens with one attached hydrogen (secondary N) is 1. The summed E-state index contributed by atoms with van der Waals surface area (Å²) in [7, 11) is 0. The highest BCUT2D eigenvalue weighted by Gasteiger charge is 2.16. The summed E-state index contributed by atoms with van der Waals surface area (Å²) < 4.78 is 0. The van der Waals surface area contributed by atoms with Gasteiger partial charge >= 0.3 is 0 Å². The number of hydrogen-bond acceptors (Lipinski definition) is 4. The number of aromatic nitrogens is 1. The fraction of sp³-hybridized carbons (Fsp3) is 0.167. The van der Waals surface area contributed by atoms with E-state index in [9.17, 15) is 4.79 Å². The van der Waals surface area contributed by atoms with Crippen LogP contribution in [0.25, 0.3) is 0 Å². The maximum absolute atomic E-state index is 11.9. The number of nitrogens with zero attached hydrogens (tertiary/aromatic N) is 1. The highest BCUT2D eigenvalue weighted by molar-refractivity contribution is 8.00. The average molecular weight is 299 g/mol. The molecule has 0 aliphatic carbocycles. The lowest BCUT2D eigenvalue weighted by molar-refractivity contribution is -0.115. The largest absolute Gasteiger partial charge is 0.301 e. The van der Waals surface area contributed by atoms with Crippen LogP contribution in [-0.2, 0) is 4.79 Å². The van der Waals surface area contributed by atoms with Gasteiger partial charge < -0.3 is 5.32 Å². The molecule has 1 unspecified atom stereocenters. The lowest BCUT2D eigenvalue weighted by atomic mass is 10.4. The molecular weight excluding hydrogens is 288 g/mol. The average Bonchev–Trinajstić information content (AvgIpc) is 2.84. The molecule has 1 atom stereocenters. The van der Waals surface area contributed by atoms with Crippen LogP contribution in [0, 0.1) is 0 Å². The van der Waals surface area contributed by atoms with Crippen LogP contribution in [0.4, 0.5) is 5.13 Å². The predicted molar refractivity (Wildman–Crippen MR) is 77.5 cm³/mol. The van der Waals surface area contributed by atoms with E-state index in [-0.39, 0.29) is 11.2 Å². The van der Waals surface area contributed by atoms with E-state index in [1.807, 2.05) is 36.6 Å². The molecule has 18 heavy (non-hydrogen) atoms. The molecule has 2 aromatic rings. The molecule has 6 heteroatoms. The van der Waals surface area contributed by atoms with Crippen molar-refractivity contribution in [3.63, 3.8) is 0 Å². The number of anilines is 1. The standard InChI is InChI=1S/C12H11ClN2OS2/c1-8(11(16)15-12-14-6-7-17-12)18-10-5-3-2-4-9(10)13/h2-8H,1H3,(H,14,15,16). The molecule has 1 amide bonds. The number of thiazole rings is 1. The van der Waals surface area contributed by atoms with E-state index in [0.29, 0.717) is 10.2 Å². The molecule has 3 nitrogen and oxygen atoms in total. The van der Waals surface area contributed by atoms with Gasteiger partial charge in [0.05, 0.1) is 10.3 Å². The first-order valence-electron chi connectivity index (χ1n) is 5.28. The second-order valence-corrected chi connectivity index (χ2v) is 6.20. The van der Waals surface area contributed by atoms with Crippen LogP contribution >= 0.6 is 34.7 Å². The van der Waals surface area contributed by atoms with Gasteiger partial charge in [0.15, 0.2) is 5.13 Å². The van der Waals surface area contributed by atoms with Crippen molar-refractivity contribution in [3.8, 4) is 0 Å². The molecule has 0 aliphatic heterocycles. The van der Waals surface area contributed by atoms with Crippen LogP contribution in [0.5, 0.6) is 0 Å². The quantitative estimate of drug-likeness (QED) is 0.870. The van der Waals surface area contributed by atoms with Crippen LogP contribution in [-0.4, -0.2) is 16.1 Å². The lowest BCUT2D eigenvalue weighted by Crippen LogP contribution is -2.22. The Morgan fingerprint density at radius 3 is 2.94 bits per heavy atom. The minimum Gasteiger partial charge on any atom is -0.301 e. The highest BCUT2D eigenvalue weighted by Crippen LogP contribution is 2.30. The molecule has 1 N–H and O–H groups in total. The number of hydrogen-bond donors (Lipinski definition) is 1. The third-order valence-electron chi connectivity index (χ3n) is 2.17.